The van der Waals surface area contributed by atoms with E-state index >= 15 is 0 Å². The van der Waals surface area contributed by atoms with Crippen LogP contribution in [0.1, 0.15) is 30.2 Å². The average Bonchev–Trinajstić information content (AvgIpc) is 2.67. The van der Waals surface area contributed by atoms with Gasteiger partial charge in [-0.3, -0.25) is 4.79 Å². The molecule has 1 heterocycles. The van der Waals surface area contributed by atoms with Crippen LogP contribution in [0, 0.1) is 0 Å². The first kappa shape index (κ1) is 12.6. The second kappa shape index (κ2) is 4.82. The Kier molecular flexibility index (Phi) is 3.39. The van der Waals surface area contributed by atoms with Crippen LogP contribution in [0.25, 0.3) is 11.3 Å². The van der Waals surface area contributed by atoms with Gasteiger partial charge in [0, 0.05) is 5.56 Å². The molecule has 1 N–H and O–H groups in total. The van der Waals surface area contributed by atoms with E-state index in [2.05, 4.69) is 5.10 Å². The quantitative estimate of drug-likeness (QED) is 0.866. The van der Waals surface area contributed by atoms with E-state index in [4.69, 9.17) is 11.6 Å². The molecule has 0 fully saturated rings. The summed E-state index contributed by atoms with van der Waals surface area (Å²) in [6.45, 7) is 3.75. The number of carbonyl (C=O) groups excluding carboxylic acids is 1. The Morgan fingerprint density at radius 2 is 2.06 bits per heavy atom. The molecule has 18 heavy (non-hydrogen) atoms. The third-order valence-corrected chi connectivity index (χ3v) is 2.99. The van der Waals surface area contributed by atoms with Crippen molar-refractivity contribution in [3.05, 3.63) is 34.9 Å². The number of hydrogen-bond donors (Lipinski definition) is 1. The van der Waals surface area contributed by atoms with Crippen molar-refractivity contribution >= 4 is 17.9 Å². The average molecular weight is 265 g/mol. The van der Waals surface area contributed by atoms with E-state index in [1.54, 1.807) is 24.3 Å². The largest absolute Gasteiger partial charge is 0.493 e. The Morgan fingerprint density at radius 3 is 2.61 bits per heavy atom. The van der Waals surface area contributed by atoms with Crippen LogP contribution in [0.15, 0.2) is 24.3 Å². The highest BCUT2D eigenvalue weighted by Crippen LogP contribution is 2.34. The molecule has 0 amide bonds. The zero-order chi connectivity index (χ0) is 13.3. The van der Waals surface area contributed by atoms with Crippen molar-refractivity contribution < 1.29 is 9.90 Å². The molecule has 0 unspecified atom stereocenters. The van der Waals surface area contributed by atoms with Gasteiger partial charge in [-0.05, 0) is 19.9 Å². The standard InChI is InChI=1S/C13H13ClN2O2/c1-8(2)16-13(18)10(7-17)12(15-16)9-5-3-4-6-11(9)14/h3-8,18H,1-2H3. The van der Waals surface area contributed by atoms with Gasteiger partial charge in [0.2, 0.25) is 5.88 Å². The van der Waals surface area contributed by atoms with Crippen molar-refractivity contribution in [2.75, 3.05) is 0 Å². The molecular weight excluding hydrogens is 252 g/mol. The molecule has 94 valence electrons. The van der Waals surface area contributed by atoms with E-state index < -0.39 is 0 Å². The van der Waals surface area contributed by atoms with Crippen molar-refractivity contribution in [3.63, 3.8) is 0 Å². The van der Waals surface area contributed by atoms with E-state index in [-0.39, 0.29) is 17.5 Å². The molecule has 5 heteroatoms. The van der Waals surface area contributed by atoms with E-state index in [1.807, 2.05) is 13.8 Å². The minimum absolute atomic E-state index is 0.0417. The van der Waals surface area contributed by atoms with Crippen LogP contribution in [0.4, 0.5) is 0 Å². The number of rotatable bonds is 3. The Bertz CT molecular complexity index is 591. The summed E-state index contributed by atoms with van der Waals surface area (Å²) < 4.78 is 1.41. The SMILES string of the molecule is CC(C)n1nc(-c2ccccc2Cl)c(C=O)c1O. The summed E-state index contributed by atoms with van der Waals surface area (Å²) in [5.74, 6) is -0.130. The molecule has 1 aromatic heterocycles. The number of carbonyl (C=O) groups is 1. The highest BCUT2D eigenvalue weighted by Gasteiger charge is 2.20. The summed E-state index contributed by atoms with van der Waals surface area (Å²) in [7, 11) is 0. The van der Waals surface area contributed by atoms with Crippen molar-refractivity contribution in [1.82, 2.24) is 9.78 Å². The zero-order valence-corrected chi connectivity index (χ0v) is 10.8. The maximum absolute atomic E-state index is 11.1. The molecule has 0 saturated carbocycles. The lowest BCUT2D eigenvalue weighted by molar-refractivity contribution is 0.112. The lowest BCUT2D eigenvalue weighted by Crippen LogP contribution is -2.02. The summed E-state index contributed by atoms with van der Waals surface area (Å²) in [5, 5.41) is 14.7. The molecule has 2 aromatic rings. The van der Waals surface area contributed by atoms with Crippen molar-refractivity contribution in [2.24, 2.45) is 0 Å². The minimum atomic E-state index is -0.130. The normalized spacial score (nSPS) is 10.9. The summed E-state index contributed by atoms with van der Waals surface area (Å²) in [6.07, 6.45) is 0.597. The number of nitrogens with zero attached hydrogens (tertiary/aromatic N) is 2. The van der Waals surface area contributed by atoms with Crippen LogP contribution in [0.2, 0.25) is 5.02 Å². The Balaban J connectivity index is 2.68. The number of halogens is 1. The molecule has 0 saturated heterocycles. The monoisotopic (exact) mass is 264 g/mol. The van der Waals surface area contributed by atoms with Gasteiger partial charge in [0.15, 0.2) is 6.29 Å². The highest BCUT2D eigenvalue weighted by molar-refractivity contribution is 6.33. The molecule has 2 rings (SSSR count). The number of aromatic nitrogens is 2. The smallest absolute Gasteiger partial charge is 0.221 e. The molecule has 0 spiro atoms. The Labute approximate surface area is 110 Å². The van der Waals surface area contributed by atoms with Crippen molar-refractivity contribution in [3.8, 4) is 17.1 Å². The topological polar surface area (TPSA) is 55.1 Å². The highest BCUT2D eigenvalue weighted by atomic mass is 35.5. The van der Waals surface area contributed by atoms with E-state index in [0.717, 1.165) is 0 Å². The van der Waals surface area contributed by atoms with Gasteiger partial charge < -0.3 is 5.11 Å². The summed E-state index contributed by atoms with van der Waals surface area (Å²) in [5.41, 5.74) is 1.20. The molecule has 0 radical (unpaired) electrons. The fourth-order valence-electron chi connectivity index (χ4n) is 1.76. The van der Waals surface area contributed by atoms with Crippen LogP contribution in [0.5, 0.6) is 5.88 Å². The molecule has 0 aliphatic rings. The predicted molar refractivity (Wildman–Crippen MR) is 70.1 cm³/mol. The second-order valence-corrected chi connectivity index (χ2v) is 4.63. The van der Waals surface area contributed by atoms with Crippen LogP contribution in [-0.4, -0.2) is 21.2 Å². The second-order valence-electron chi connectivity index (χ2n) is 4.22. The van der Waals surface area contributed by atoms with Gasteiger partial charge in [-0.1, -0.05) is 29.8 Å². The van der Waals surface area contributed by atoms with Gasteiger partial charge in [0.25, 0.3) is 0 Å². The van der Waals surface area contributed by atoms with Crippen LogP contribution < -0.4 is 0 Å². The maximum Gasteiger partial charge on any atom is 0.221 e. The molecule has 0 atom stereocenters. The first-order valence-corrected chi connectivity index (χ1v) is 5.95. The molecule has 4 nitrogen and oxygen atoms in total. The van der Waals surface area contributed by atoms with E-state index in [0.29, 0.717) is 22.6 Å². The number of benzene rings is 1. The van der Waals surface area contributed by atoms with Crippen LogP contribution in [0.3, 0.4) is 0 Å². The predicted octanol–water partition coefficient (Wildman–Crippen LogP) is 3.30. The van der Waals surface area contributed by atoms with Gasteiger partial charge in [-0.2, -0.15) is 5.10 Å². The van der Waals surface area contributed by atoms with Gasteiger partial charge in [0.1, 0.15) is 11.3 Å². The minimum Gasteiger partial charge on any atom is -0.493 e. The van der Waals surface area contributed by atoms with Crippen LogP contribution in [-0.2, 0) is 0 Å². The summed E-state index contributed by atoms with van der Waals surface area (Å²) in [4.78, 5) is 11.1. The van der Waals surface area contributed by atoms with Crippen molar-refractivity contribution in [2.45, 2.75) is 19.9 Å². The fraction of sp³-hybridized carbons (Fsp3) is 0.231. The Hall–Kier alpha value is -1.81. The van der Waals surface area contributed by atoms with Crippen LogP contribution >= 0.6 is 11.6 Å². The molecular formula is C13H13ClN2O2. The third-order valence-electron chi connectivity index (χ3n) is 2.66. The Morgan fingerprint density at radius 1 is 1.39 bits per heavy atom. The van der Waals surface area contributed by atoms with Crippen molar-refractivity contribution in [1.29, 1.82) is 0 Å². The lowest BCUT2D eigenvalue weighted by atomic mass is 10.1. The fourth-order valence-corrected chi connectivity index (χ4v) is 1.98. The molecule has 0 aliphatic carbocycles. The van der Waals surface area contributed by atoms with Gasteiger partial charge in [0.05, 0.1) is 11.1 Å². The molecule has 0 bridgehead atoms. The molecule has 0 aliphatic heterocycles. The van der Waals surface area contributed by atoms with E-state index in [1.165, 1.54) is 4.68 Å². The first-order valence-electron chi connectivity index (χ1n) is 5.57. The zero-order valence-electron chi connectivity index (χ0n) is 10.1. The number of aldehydes is 1. The lowest BCUT2D eigenvalue weighted by Gasteiger charge is -2.05. The van der Waals surface area contributed by atoms with Gasteiger partial charge in [-0.25, -0.2) is 4.68 Å². The summed E-state index contributed by atoms with van der Waals surface area (Å²) >= 11 is 6.08. The maximum atomic E-state index is 11.1. The van der Waals surface area contributed by atoms with E-state index in [9.17, 15) is 9.90 Å². The first-order chi connectivity index (χ1) is 8.56. The third kappa shape index (κ3) is 1.99. The summed E-state index contributed by atoms with van der Waals surface area (Å²) in [6, 6.07) is 7.05. The van der Waals surface area contributed by atoms with Gasteiger partial charge in [-0.15, -0.1) is 0 Å². The molecule has 1 aromatic carbocycles. The number of hydrogen-bond acceptors (Lipinski definition) is 3. The number of aromatic hydroxyl groups is 1. The van der Waals surface area contributed by atoms with Gasteiger partial charge >= 0.3 is 0 Å².